The monoisotopic (exact) mass is 858 g/mol. The van der Waals surface area contributed by atoms with Crippen LogP contribution < -0.4 is 16.5 Å². The quantitative estimate of drug-likeness (QED) is 0.0913. The largest absolute Gasteiger partial charge is 0.491 e. The van der Waals surface area contributed by atoms with E-state index in [4.69, 9.17) is 5.73 Å². The van der Waals surface area contributed by atoms with Crippen molar-refractivity contribution in [2.24, 2.45) is 11.1 Å². The third-order valence-corrected chi connectivity index (χ3v) is 9.16. The molecular formula is C36H40BrF5N6O8. The summed E-state index contributed by atoms with van der Waals surface area (Å²) in [4.78, 5) is 69.0. The Labute approximate surface area is 326 Å². The van der Waals surface area contributed by atoms with Crippen molar-refractivity contribution in [2.45, 2.75) is 57.7 Å². The van der Waals surface area contributed by atoms with Crippen molar-refractivity contribution in [1.82, 2.24) is 25.4 Å². The van der Waals surface area contributed by atoms with Gasteiger partial charge >= 0.3 is 24.0 Å². The number of aliphatic hydroxyl groups is 1. The second-order valence-corrected chi connectivity index (χ2v) is 14.4. The number of ether oxygens (including phenoxy) is 1. The fourth-order valence-electron chi connectivity index (χ4n) is 6.07. The van der Waals surface area contributed by atoms with Crippen molar-refractivity contribution >= 4 is 45.6 Å². The van der Waals surface area contributed by atoms with Crippen molar-refractivity contribution in [3.63, 3.8) is 0 Å². The Morgan fingerprint density at radius 3 is 2.36 bits per heavy atom. The standard InChI is InChI=1S/C36H40BrF5N6O8/c1-34(2,3)29(26-15-22(24-16-23(38)9-10-25(24)39)19-46(26)18-21-7-5-4-6-8-21)30(51)31(52)44-12-11-35(43,55-33(54)36(40,41)42)32(53)47-14-13-45-56-28(50)20-48(47)27(49)17-37/h4-10,15-16,19,29-30,45,51H,11-14,17-18,20,43H2,1-3H3,(H,44,52)/t29-,30+,35+/m1/s1. The number of benzene rings is 2. The first-order chi connectivity index (χ1) is 26.2. The summed E-state index contributed by atoms with van der Waals surface area (Å²) in [6.07, 6.45) is -6.98. The van der Waals surface area contributed by atoms with Crippen LogP contribution in [0.15, 0.2) is 60.8 Å². The molecule has 20 heteroatoms. The number of amides is 3. The molecule has 0 spiro atoms. The van der Waals surface area contributed by atoms with E-state index in [1.165, 1.54) is 6.07 Å². The maximum Gasteiger partial charge on any atom is 0.491 e. The predicted molar refractivity (Wildman–Crippen MR) is 192 cm³/mol. The van der Waals surface area contributed by atoms with Gasteiger partial charge in [0.15, 0.2) is 0 Å². The number of halogens is 6. The van der Waals surface area contributed by atoms with Gasteiger partial charge in [-0.2, -0.15) is 18.7 Å². The molecule has 5 N–H and O–H groups in total. The van der Waals surface area contributed by atoms with Crippen LogP contribution in [0.5, 0.6) is 0 Å². The molecule has 0 radical (unpaired) electrons. The number of nitrogens with two attached hydrogens (primary N) is 1. The van der Waals surface area contributed by atoms with Gasteiger partial charge in [0, 0.05) is 48.4 Å². The van der Waals surface area contributed by atoms with Crippen molar-refractivity contribution in [3.05, 3.63) is 83.7 Å². The average molecular weight is 860 g/mol. The lowest BCUT2D eigenvalue weighted by Gasteiger charge is -2.40. The molecule has 1 saturated heterocycles. The second-order valence-electron chi connectivity index (χ2n) is 13.9. The van der Waals surface area contributed by atoms with E-state index in [0.29, 0.717) is 15.7 Å². The highest BCUT2D eigenvalue weighted by Gasteiger charge is 2.51. The van der Waals surface area contributed by atoms with Gasteiger partial charge in [0.25, 0.3) is 5.91 Å². The normalized spacial score (nSPS) is 16.2. The summed E-state index contributed by atoms with van der Waals surface area (Å²) in [5.41, 5.74) is 5.47. The number of hydroxylamine groups is 1. The third-order valence-electron chi connectivity index (χ3n) is 8.68. The Balaban J connectivity index is 1.66. The molecule has 0 saturated carbocycles. The number of hydrazine groups is 1. The highest BCUT2D eigenvalue weighted by Crippen LogP contribution is 2.41. The number of hydrogen-bond donors (Lipinski definition) is 4. The van der Waals surface area contributed by atoms with Crippen molar-refractivity contribution < 1.29 is 60.6 Å². The lowest BCUT2D eigenvalue weighted by atomic mass is 9.74. The van der Waals surface area contributed by atoms with E-state index >= 15 is 0 Å². The molecule has 2 aromatic carbocycles. The summed E-state index contributed by atoms with van der Waals surface area (Å²) < 4.78 is 75.6. The molecule has 1 aliphatic rings. The van der Waals surface area contributed by atoms with Crippen molar-refractivity contribution in [2.75, 3.05) is 31.5 Å². The van der Waals surface area contributed by atoms with Gasteiger partial charge in [0.1, 0.15) is 24.3 Å². The maximum absolute atomic E-state index is 15.0. The van der Waals surface area contributed by atoms with Crippen molar-refractivity contribution in [1.29, 1.82) is 0 Å². The zero-order valence-electron chi connectivity index (χ0n) is 30.4. The summed E-state index contributed by atoms with van der Waals surface area (Å²) >= 11 is 2.90. The zero-order chi connectivity index (χ0) is 41.6. The van der Waals surface area contributed by atoms with E-state index in [2.05, 4.69) is 36.3 Å². The number of aliphatic hydroxyl groups excluding tert-OH is 1. The van der Waals surface area contributed by atoms with Crippen LogP contribution in [-0.2, 0) is 40.1 Å². The Kier molecular flexibility index (Phi) is 14.0. The molecule has 0 aliphatic carbocycles. The summed E-state index contributed by atoms with van der Waals surface area (Å²) in [5, 5.41) is 14.6. The molecular weight excluding hydrogens is 819 g/mol. The third kappa shape index (κ3) is 10.7. The zero-order valence-corrected chi connectivity index (χ0v) is 32.0. The summed E-state index contributed by atoms with van der Waals surface area (Å²) in [6, 6.07) is 13.5. The first kappa shape index (κ1) is 43.8. The molecule has 3 aromatic rings. The Morgan fingerprint density at radius 1 is 1.05 bits per heavy atom. The van der Waals surface area contributed by atoms with Crippen LogP contribution in [0.25, 0.3) is 11.1 Å². The Hall–Kier alpha value is -4.92. The van der Waals surface area contributed by atoms with Crippen molar-refractivity contribution in [3.8, 4) is 11.1 Å². The molecule has 0 unspecified atom stereocenters. The average Bonchev–Trinajstić information content (AvgIpc) is 3.51. The van der Waals surface area contributed by atoms with Crippen LogP contribution in [0.1, 0.15) is 44.4 Å². The van der Waals surface area contributed by atoms with Crippen LogP contribution in [0.2, 0.25) is 0 Å². The number of aromatic nitrogens is 1. The molecule has 1 fully saturated rings. The molecule has 14 nitrogen and oxygen atoms in total. The molecule has 304 valence electrons. The van der Waals surface area contributed by atoms with E-state index < -0.39 is 102 Å². The van der Waals surface area contributed by atoms with Gasteiger partial charge in [0.05, 0.1) is 18.4 Å². The second kappa shape index (κ2) is 17.9. The van der Waals surface area contributed by atoms with Crippen LogP contribution in [-0.4, -0.2) is 98.9 Å². The minimum absolute atomic E-state index is 0.0777. The predicted octanol–water partition coefficient (Wildman–Crippen LogP) is 3.27. The van der Waals surface area contributed by atoms with E-state index in [1.807, 2.05) is 12.1 Å². The minimum atomic E-state index is -5.63. The molecule has 0 bridgehead atoms. The molecule has 3 amide bonds. The smallest absolute Gasteiger partial charge is 0.428 e. The Morgan fingerprint density at radius 2 is 1.73 bits per heavy atom. The van der Waals surface area contributed by atoms with Gasteiger partial charge in [-0.25, -0.2) is 28.4 Å². The Bertz CT molecular complexity index is 1930. The van der Waals surface area contributed by atoms with E-state index in [-0.39, 0.29) is 24.2 Å². The lowest BCUT2D eigenvalue weighted by molar-refractivity contribution is -0.220. The van der Waals surface area contributed by atoms with Gasteiger partial charge in [-0.3, -0.25) is 20.1 Å². The van der Waals surface area contributed by atoms with Gasteiger partial charge in [-0.05, 0) is 35.2 Å². The van der Waals surface area contributed by atoms with Crippen LogP contribution in [0.4, 0.5) is 22.0 Å². The number of nitrogens with zero attached hydrogens (tertiary/aromatic N) is 3. The molecule has 56 heavy (non-hydrogen) atoms. The van der Waals surface area contributed by atoms with E-state index in [1.54, 1.807) is 49.7 Å². The molecule has 4 rings (SSSR count). The lowest BCUT2D eigenvalue weighted by Crippen LogP contribution is -2.66. The number of esters is 1. The summed E-state index contributed by atoms with van der Waals surface area (Å²) in [5.74, 6) is -9.95. The van der Waals surface area contributed by atoms with Gasteiger partial charge in [-0.15, -0.1) is 0 Å². The number of carbonyl (C=O) groups excluding carboxylic acids is 5. The van der Waals surface area contributed by atoms with Gasteiger partial charge in [-0.1, -0.05) is 67.0 Å². The van der Waals surface area contributed by atoms with Crippen LogP contribution in [0, 0.1) is 17.0 Å². The van der Waals surface area contributed by atoms with Gasteiger partial charge in [0.2, 0.25) is 11.6 Å². The van der Waals surface area contributed by atoms with E-state index in [0.717, 1.165) is 23.8 Å². The molecule has 2 heterocycles. The van der Waals surface area contributed by atoms with Gasteiger partial charge < -0.3 is 24.6 Å². The SMILES string of the molecule is CC(C)(C)[C@H](c1cc(-c2cc(F)ccc2F)cn1Cc1ccccc1)[C@H](O)C(=O)NCC[C@](N)(OC(=O)C(F)(F)F)C(=O)N1CCNOC(=O)CN1C(=O)CBr. The number of rotatable bonds is 12. The van der Waals surface area contributed by atoms with E-state index in [9.17, 15) is 51.0 Å². The highest BCUT2D eigenvalue weighted by molar-refractivity contribution is 9.09. The molecule has 1 aromatic heterocycles. The summed E-state index contributed by atoms with van der Waals surface area (Å²) in [6.45, 7) is 2.85. The maximum atomic E-state index is 15.0. The fourth-order valence-corrected chi connectivity index (χ4v) is 6.36. The first-order valence-electron chi connectivity index (χ1n) is 17.0. The molecule has 3 atom stereocenters. The van der Waals surface area contributed by atoms with Crippen LogP contribution >= 0.6 is 15.9 Å². The van der Waals surface area contributed by atoms with Crippen LogP contribution in [0.3, 0.4) is 0 Å². The number of carbonyl (C=O) groups is 5. The topological polar surface area (TPSA) is 186 Å². The fraction of sp³-hybridized carbons (Fsp3) is 0.417. The summed E-state index contributed by atoms with van der Waals surface area (Å²) in [7, 11) is 0. The minimum Gasteiger partial charge on any atom is -0.428 e. The highest BCUT2D eigenvalue weighted by atomic mass is 79.9. The number of alkyl halides is 4. The molecule has 1 aliphatic heterocycles. The number of nitrogens with one attached hydrogen (secondary N) is 2. The number of hydrogen-bond acceptors (Lipinski definition) is 10. The first-order valence-corrected chi connectivity index (χ1v) is 18.1.